The van der Waals surface area contributed by atoms with Crippen molar-refractivity contribution >= 4 is 23.5 Å². The highest BCUT2D eigenvalue weighted by atomic mass is 35.5. The summed E-state index contributed by atoms with van der Waals surface area (Å²) in [4.78, 5) is 12.4. The van der Waals surface area contributed by atoms with E-state index in [0.717, 1.165) is 0 Å². The molecule has 2 aromatic rings. The van der Waals surface area contributed by atoms with Crippen molar-refractivity contribution in [2.24, 2.45) is 0 Å². The van der Waals surface area contributed by atoms with Gasteiger partial charge in [-0.2, -0.15) is 4.68 Å². The first-order valence-corrected chi connectivity index (χ1v) is 7.65. The van der Waals surface area contributed by atoms with E-state index < -0.39 is 12.0 Å². The number of hydrogen-bond donors (Lipinski definition) is 1. The van der Waals surface area contributed by atoms with Crippen LogP contribution in [0.5, 0.6) is 11.5 Å². The Morgan fingerprint density at radius 1 is 1.28 bits per heavy atom. The summed E-state index contributed by atoms with van der Waals surface area (Å²) in [7, 11) is 4.32. The normalized spacial score (nSPS) is 16.1. The average Bonchev–Trinajstić information content (AvgIpc) is 3.06. The molecule has 1 aromatic heterocycles. The summed E-state index contributed by atoms with van der Waals surface area (Å²) in [6.07, 6.45) is 0. The van der Waals surface area contributed by atoms with E-state index in [9.17, 15) is 4.79 Å². The van der Waals surface area contributed by atoms with Gasteiger partial charge >= 0.3 is 5.97 Å². The van der Waals surface area contributed by atoms with E-state index in [0.29, 0.717) is 39.3 Å². The van der Waals surface area contributed by atoms with Gasteiger partial charge in [-0.25, -0.2) is 4.79 Å². The Hall–Kier alpha value is -2.81. The van der Waals surface area contributed by atoms with Crippen LogP contribution < -0.4 is 14.8 Å². The summed E-state index contributed by atoms with van der Waals surface area (Å²) >= 11 is 6.23. The van der Waals surface area contributed by atoms with Gasteiger partial charge in [-0.3, -0.25) is 0 Å². The number of anilines is 1. The topological polar surface area (TPSA) is 100 Å². The van der Waals surface area contributed by atoms with E-state index in [1.807, 2.05) is 0 Å². The molecular weight excluding hydrogens is 350 g/mol. The summed E-state index contributed by atoms with van der Waals surface area (Å²) in [5.74, 6) is 0.725. The third kappa shape index (κ3) is 2.76. The maximum atomic E-state index is 12.4. The van der Waals surface area contributed by atoms with Crippen molar-refractivity contribution in [3.8, 4) is 11.5 Å². The Balaban J connectivity index is 2.30. The first-order chi connectivity index (χ1) is 12.0. The molecule has 1 N–H and O–H groups in total. The number of ether oxygens (including phenoxy) is 3. The Labute approximate surface area is 148 Å². The lowest BCUT2D eigenvalue weighted by Gasteiger charge is -2.28. The van der Waals surface area contributed by atoms with Crippen LogP contribution in [0.15, 0.2) is 23.4 Å². The van der Waals surface area contributed by atoms with Crippen LogP contribution in [0.4, 0.5) is 5.95 Å². The summed E-state index contributed by atoms with van der Waals surface area (Å²) in [5.41, 5.74) is 1.48. The fourth-order valence-corrected chi connectivity index (χ4v) is 3.05. The molecule has 132 valence electrons. The van der Waals surface area contributed by atoms with Crippen molar-refractivity contribution in [2.45, 2.75) is 13.0 Å². The zero-order valence-electron chi connectivity index (χ0n) is 14.0. The fraction of sp³-hybridized carbons (Fsp3) is 0.333. The zero-order valence-corrected chi connectivity index (χ0v) is 14.8. The Morgan fingerprint density at radius 2 is 2.04 bits per heavy atom. The van der Waals surface area contributed by atoms with E-state index >= 15 is 0 Å². The Morgan fingerprint density at radius 3 is 2.68 bits per heavy atom. The van der Waals surface area contributed by atoms with E-state index in [2.05, 4.69) is 20.8 Å². The number of carbonyl (C=O) groups excluding carboxylic acids is 1. The number of esters is 1. The second kappa shape index (κ2) is 6.60. The predicted molar refractivity (Wildman–Crippen MR) is 88.9 cm³/mol. The van der Waals surface area contributed by atoms with Crippen LogP contribution in [0, 0.1) is 0 Å². The van der Waals surface area contributed by atoms with Gasteiger partial charge < -0.3 is 19.5 Å². The lowest BCUT2D eigenvalue weighted by Crippen LogP contribution is -2.29. The standard InChI is InChI=1S/C15H16ClN5O4/c1-7-11(14(22)25-4)12(21-15(17-7)18-19-20-21)9-5-8(16)6-10(23-2)13(9)24-3/h5-6,12H,1-4H3,(H,17,18,20)/t12-/m1/s1. The van der Waals surface area contributed by atoms with Gasteiger partial charge in [0.25, 0.3) is 0 Å². The predicted octanol–water partition coefficient (Wildman–Crippen LogP) is 1.81. The van der Waals surface area contributed by atoms with Crippen LogP contribution >= 0.6 is 11.6 Å². The number of nitrogens with zero attached hydrogens (tertiary/aromatic N) is 4. The summed E-state index contributed by atoms with van der Waals surface area (Å²) in [6, 6.07) is 2.61. The monoisotopic (exact) mass is 365 g/mol. The number of aromatic nitrogens is 4. The molecular formula is C15H16ClN5O4. The van der Waals surface area contributed by atoms with E-state index in [1.165, 1.54) is 26.0 Å². The Bertz CT molecular complexity index is 864. The third-order valence-electron chi connectivity index (χ3n) is 3.89. The highest BCUT2D eigenvalue weighted by molar-refractivity contribution is 6.30. The molecule has 1 aliphatic rings. The summed E-state index contributed by atoms with van der Waals surface area (Å²) in [6.45, 7) is 1.74. The third-order valence-corrected chi connectivity index (χ3v) is 4.10. The van der Waals surface area contributed by atoms with Gasteiger partial charge in [-0.15, -0.1) is 0 Å². The molecule has 9 nitrogen and oxygen atoms in total. The van der Waals surface area contributed by atoms with Crippen molar-refractivity contribution in [1.29, 1.82) is 0 Å². The van der Waals surface area contributed by atoms with Crippen LogP contribution in [0.2, 0.25) is 5.02 Å². The molecule has 0 radical (unpaired) electrons. The first-order valence-electron chi connectivity index (χ1n) is 7.27. The molecule has 1 atom stereocenters. The van der Waals surface area contributed by atoms with Gasteiger partial charge in [0.2, 0.25) is 5.95 Å². The highest BCUT2D eigenvalue weighted by Crippen LogP contribution is 2.44. The van der Waals surface area contributed by atoms with Gasteiger partial charge in [0, 0.05) is 22.3 Å². The lowest BCUT2D eigenvalue weighted by molar-refractivity contribution is -0.136. The number of tetrazole rings is 1. The van der Waals surface area contributed by atoms with Crippen LogP contribution in [-0.2, 0) is 9.53 Å². The quantitative estimate of drug-likeness (QED) is 0.819. The first kappa shape index (κ1) is 17.0. The maximum Gasteiger partial charge on any atom is 0.338 e. The number of rotatable bonds is 4. The highest BCUT2D eigenvalue weighted by Gasteiger charge is 2.37. The van der Waals surface area contributed by atoms with Crippen LogP contribution in [0.3, 0.4) is 0 Å². The number of carbonyl (C=O) groups is 1. The van der Waals surface area contributed by atoms with Gasteiger partial charge in [-0.1, -0.05) is 16.7 Å². The molecule has 0 bridgehead atoms. The molecule has 1 aliphatic heterocycles. The number of allylic oxidation sites excluding steroid dienone is 1. The molecule has 0 amide bonds. The molecule has 0 spiro atoms. The SMILES string of the molecule is COC(=O)C1=C(C)Nc2nnnn2[C@@H]1c1cc(Cl)cc(OC)c1OC. The van der Waals surface area contributed by atoms with Crippen molar-refractivity contribution in [2.75, 3.05) is 26.6 Å². The molecule has 2 heterocycles. The smallest absolute Gasteiger partial charge is 0.338 e. The van der Waals surface area contributed by atoms with Crippen molar-refractivity contribution in [3.63, 3.8) is 0 Å². The van der Waals surface area contributed by atoms with Crippen molar-refractivity contribution < 1.29 is 19.0 Å². The molecule has 0 aliphatic carbocycles. The molecule has 10 heteroatoms. The molecule has 3 rings (SSSR count). The minimum absolute atomic E-state index is 0.338. The molecule has 25 heavy (non-hydrogen) atoms. The zero-order chi connectivity index (χ0) is 18.1. The summed E-state index contributed by atoms with van der Waals surface area (Å²) < 4.78 is 17.3. The van der Waals surface area contributed by atoms with Crippen LogP contribution in [0.1, 0.15) is 18.5 Å². The van der Waals surface area contributed by atoms with Gasteiger partial charge in [0.05, 0.1) is 26.9 Å². The van der Waals surface area contributed by atoms with E-state index in [1.54, 1.807) is 19.1 Å². The second-order valence-corrected chi connectivity index (χ2v) is 5.67. The van der Waals surface area contributed by atoms with E-state index in [-0.39, 0.29) is 0 Å². The van der Waals surface area contributed by atoms with E-state index in [4.69, 9.17) is 25.8 Å². The average molecular weight is 366 g/mol. The number of halogens is 1. The molecule has 0 saturated heterocycles. The Kier molecular flexibility index (Phi) is 4.49. The van der Waals surface area contributed by atoms with Crippen molar-refractivity contribution in [1.82, 2.24) is 20.2 Å². The molecule has 0 unspecified atom stereocenters. The summed E-state index contributed by atoms with van der Waals surface area (Å²) in [5, 5.41) is 15.0. The number of nitrogens with one attached hydrogen (secondary N) is 1. The number of methoxy groups -OCH3 is 3. The number of hydrogen-bond acceptors (Lipinski definition) is 8. The van der Waals surface area contributed by atoms with Gasteiger partial charge in [0.1, 0.15) is 6.04 Å². The number of benzene rings is 1. The fourth-order valence-electron chi connectivity index (χ4n) is 2.84. The van der Waals surface area contributed by atoms with Crippen LogP contribution in [0.25, 0.3) is 0 Å². The minimum Gasteiger partial charge on any atom is -0.493 e. The molecule has 1 aromatic carbocycles. The van der Waals surface area contributed by atoms with Gasteiger partial charge in [0.15, 0.2) is 11.5 Å². The van der Waals surface area contributed by atoms with Gasteiger partial charge in [-0.05, 0) is 23.4 Å². The second-order valence-electron chi connectivity index (χ2n) is 5.24. The van der Waals surface area contributed by atoms with Crippen LogP contribution in [-0.4, -0.2) is 47.5 Å². The largest absolute Gasteiger partial charge is 0.493 e. The minimum atomic E-state index is -0.693. The lowest BCUT2D eigenvalue weighted by atomic mass is 9.94. The number of fused-ring (bicyclic) bond motifs is 1. The maximum absolute atomic E-state index is 12.4. The molecule has 0 fully saturated rings. The molecule has 0 saturated carbocycles. The van der Waals surface area contributed by atoms with Crippen molar-refractivity contribution in [3.05, 3.63) is 34.0 Å².